The quantitative estimate of drug-likeness (QED) is 0.482. The molecule has 1 aliphatic rings. The summed E-state index contributed by atoms with van der Waals surface area (Å²) in [7, 11) is 3.86. The van der Waals surface area contributed by atoms with Crippen LogP contribution in [0.25, 0.3) is 0 Å². The molecule has 122 valence electrons. The molecule has 0 bridgehead atoms. The summed E-state index contributed by atoms with van der Waals surface area (Å²) >= 11 is 0. The summed E-state index contributed by atoms with van der Waals surface area (Å²) in [6.07, 6.45) is 2.97. The summed E-state index contributed by atoms with van der Waals surface area (Å²) in [6.45, 7) is 6.93. The number of methoxy groups -OCH3 is 1. The molecule has 1 fully saturated rings. The van der Waals surface area contributed by atoms with Crippen LogP contribution in [0, 0.1) is 0 Å². The summed E-state index contributed by atoms with van der Waals surface area (Å²) in [5.41, 5.74) is 0.548. The van der Waals surface area contributed by atoms with E-state index in [1.165, 1.54) is 32.7 Å². The van der Waals surface area contributed by atoms with Crippen molar-refractivity contribution < 1.29 is 24.1 Å². The van der Waals surface area contributed by atoms with Crippen molar-refractivity contribution >= 4 is 6.29 Å². The summed E-state index contributed by atoms with van der Waals surface area (Å²) < 4.78 is 11.0. The topological polar surface area (TPSA) is 44.4 Å². The number of ether oxygens (including phenoxy) is 2. The Hall–Kier alpha value is -1.59. The Morgan fingerprint density at radius 3 is 2.64 bits per heavy atom. The molecule has 2 rings (SSSR count). The molecule has 1 aromatic rings. The fraction of sp³-hybridized carbons (Fsp3) is 0.588. The van der Waals surface area contributed by atoms with E-state index in [4.69, 9.17) is 9.47 Å². The van der Waals surface area contributed by atoms with Gasteiger partial charge in [-0.05, 0) is 25.0 Å². The maximum Gasteiger partial charge on any atom is 0.171 e. The number of unbranched alkanes of at least 4 members (excludes halogenated alkanes) is 1. The van der Waals surface area contributed by atoms with Crippen LogP contribution in [0.3, 0.4) is 0 Å². The first-order chi connectivity index (χ1) is 10.7. The van der Waals surface area contributed by atoms with Gasteiger partial charge in [-0.1, -0.05) is 6.07 Å². The number of benzene rings is 1. The van der Waals surface area contributed by atoms with Crippen LogP contribution in [-0.2, 0) is 0 Å². The van der Waals surface area contributed by atoms with Crippen molar-refractivity contribution in [2.45, 2.75) is 12.8 Å². The zero-order chi connectivity index (χ0) is 15.8. The van der Waals surface area contributed by atoms with Crippen LogP contribution in [0.1, 0.15) is 23.2 Å². The molecule has 5 nitrogen and oxygen atoms in total. The van der Waals surface area contributed by atoms with Gasteiger partial charge in [0.1, 0.15) is 26.2 Å². The molecule has 0 atom stereocenters. The first-order valence-corrected chi connectivity index (χ1v) is 8.14. The molecule has 1 saturated heterocycles. The van der Waals surface area contributed by atoms with Crippen molar-refractivity contribution in [1.29, 1.82) is 0 Å². The number of aldehydes is 1. The number of carbonyl (C=O) groups is 1. The Kier molecular flexibility index (Phi) is 6.68. The van der Waals surface area contributed by atoms with Crippen molar-refractivity contribution in [3.05, 3.63) is 23.8 Å². The number of likely N-dealkylation sites (N-methyl/N-ethyl adjacent to an activating group) is 1. The van der Waals surface area contributed by atoms with E-state index in [2.05, 4.69) is 7.05 Å². The lowest BCUT2D eigenvalue weighted by molar-refractivity contribution is -1.00. The molecule has 0 aliphatic carbocycles. The van der Waals surface area contributed by atoms with Crippen LogP contribution in [-0.4, -0.2) is 59.8 Å². The fourth-order valence-corrected chi connectivity index (χ4v) is 2.87. The Morgan fingerprint density at radius 1 is 1.18 bits per heavy atom. The van der Waals surface area contributed by atoms with Crippen molar-refractivity contribution in [2.75, 3.05) is 53.5 Å². The smallest absolute Gasteiger partial charge is 0.171 e. The highest BCUT2D eigenvalue weighted by Gasteiger charge is 2.19. The van der Waals surface area contributed by atoms with Gasteiger partial charge in [-0.15, -0.1) is 0 Å². The molecule has 1 aromatic carbocycles. The van der Waals surface area contributed by atoms with Crippen molar-refractivity contribution in [2.24, 2.45) is 0 Å². The second kappa shape index (κ2) is 8.76. The van der Waals surface area contributed by atoms with Gasteiger partial charge in [-0.25, -0.2) is 0 Å². The molecular weight excluding hydrogens is 280 g/mol. The molecule has 0 saturated carbocycles. The molecular formula is C17H28N2O3+2. The SMILES string of the molecule is COc1cccc(C=O)c1OCCCC[NH+]1CC[NH+](C)CC1. The van der Waals surface area contributed by atoms with Crippen molar-refractivity contribution in [1.82, 2.24) is 0 Å². The van der Waals surface area contributed by atoms with Crippen LogP contribution in [0.4, 0.5) is 0 Å². The molecule has 1 heterocycles. The van der Waals surface area contributed by atoms with Gasteiger partial charge in [0.25, 0.3) is 0 Å². The third-order valence-corrected chi connectivity index (χ3v) is 4.34. The van der Waals surface area contributed by atoms with Crippen LogP contribution < -0.4 is 19.3 Å². The highest BCUT2D eigenvalue weighted by atomic mass is 16.5. The first-order valence-electron chi connectivity index (χ1n) is 8.14. The van der Waals surface area contributed by atoms with Crippen LogP contribution in [0.15, 0.2) is 18.2 Å². The Bertz CT molecular complexity index is 471. The number of carbonyl (C=O) groups excluding carboxylic acids is 1. The summed E-state index contributed by atoms with van der Waals surface area (Å²) in [5, 5.41) is 0. The standard InChI is InChI=1S/C17H26N2O3/c1-18-9-11-19(12-10-18)8-3-4-13-22-17-15(14-20)6-5-7-16(17)21-2/h5-7,14H,3-4,8-13H2,1-2H3/p+2. The van der Waals surface area contributed by atoms with E-state index < -0.39 is 0 Å². The molecule has 22 heavy (non-hydrogen) atoms. The number of para-hydroxylation sites is 1. The van der Waals surface area contributed by atoms with Gasteiger partial charge >= 0.3 is 0 Å². The minimum Gasteiger partial charge on any atom is -0.493 e. The number of hydrogen-bond donors (Lipinski definition) is 2. The van der Waals surface area contributed by atoms with E-state index in [9.17, 15) is 4.79 Å². The van der Waals surface area contributed by atoms with Gasteiger partial charge in [0.05, 0.1) is 32.9 Å². The highest BCUT2D eigenvalue weighted by molar-refractivity contribution is 5.81. The lowest BCUT2D eigenvalue weighted by Crippen LogP contribution is -3.27. The molecule has 0 radical (unpaired) electrons. The van der Waals surface area contributed by atoms with Crippen LogP contribution >= 0.6 is 0 Å². The zero-order valence-electron chi connectivity index (χ0n) is 13.7. The summed E-state index contributed by atoms with van der Waals surface area (Å²) in [4.78, 5) is 14.4. The van der Waals surface area contributed by atoms with Gasteiger partial charge in [0.15, 0.2) is 17.8 Å². The number of nitrogens with one attached hydrogen (secondary N) is 2. The second-order valence-corrected chi connectivity index (χ2v) is 6.01. The number of rotatable bonds is 8. The first kappa shape index (κ1) is 16.8. The van der Waals surface area contributed by atoms with E-state index in [1.807, 2.05) is 6.07 Å². The second-order valence-electron chi connectivity index (χ2n) is 6.01. The minimum atomic E-state index is 0.548. The summed E-state index contributed by atoms with van der Waals surface area (Å²) in [5.74, 6) is 1.19. The Labute approximate surface area is 132 Å². The maximum absolute atomic E-state index is 11.1. The monoisotopic (exact) mass is 308 g/mol. The zero-order valence-corrected chi connectivity index (χ0v) is 13.7. The molecule has 5 heteroatoms. The average molecular weight is 308 g/mol. The van der Waals surface area contributed by atoms with Crippen molar-refractivity contribution in [3.63, 3.8) is 0 Å². The molecule has 0 spiro atoms. The molecule has 0 aromatic heterocycles. The summed E-state index contributed by atoms with van der Waals surface area (Å²) in [6, 6.07) is 5.37. The van der Waals surface area contributed by atoms with E-state index in [0.29, 0.717) is 23.7 Å². The Morgan fingerprint density at radius 2 is 1.95 bits per heavy atom. The molecule has 0 unspecified atom stereocenters. The lowest BCUT2D eigenvalue weighted by atomic mass is 10.2. The van der Waals surface area contributed by atoms with Gasteiger partial charge in [0, 0.05) is 0 Å². The largest absolute Gasteiger partial charge is 0.493 e. The number of piperazine rings is 1. The fourth-order valence-electron chi connectivity index (χ4n) is 2.87. The van der Waals surface area contributed by atoms with Gasteiger partial charge in [-0.2, -0.15) is 0 Å². The normalized spacial score (nSPS) is 21.4. The number of quaternary nitrogens is 2. The average Bonchev–Trinajstić information content (AvgIpc) is 2.56. The third kappa shape index (κ3) is 4.71. The Balaban J connectivity index is 1.71. The number of hydrogen-bond acceptors (Lipinski definition) is 3. The minimum absolute atomic E-state index is 0.548. The van der Waals surface area contributed by atoms with E-state index in [0.717, 1.165) is 19.1 Å². The van der Waals surface area contributed by atoms with E-state index >= 15 is 0 Å². The van der Waals surface area contributed by atoms with E-state index in [1.54, 1.807) is 29.0 Å². The highest BCUT2D eigenvalue weighted by Crippen LogP contribution is 2.30. The molecule has 0 amide bonds. The molecule has 1 aliphatic heterocycles. The van der Waals surface area contributed by atoms with Crippen LogP contribution in [0.5, 0.6) is 11.5 Å². The predicted octanol–water partition coefficient (Wildman–Crippen LogP) is -0.920. The van der Waals surface area contributed by atoms with Gasteiger partial charge < -0.3 is 19.3 Å². The third-order valence-electron chi connectivity index (χ3n) is 4.34. The van der Waals surface area contributed by atoms with Crippen molar-refractivity contribution in [3.8, 4) is 11.5 Å². The van der Waals surface area contributed by atoms with E-state index in [-0.39, 0.29) is 0 Å². The van der Waals surface area contributed by atoms with Gasteiger partial charge in [-0.3, -0.25) is 4.79 Å². The van der Waals surface area contributed by atoms with Gasteiger partial charge in [0.2, 0.25) is 0 Å². The molecule has 2 N–H and O–H groups in total. The maximum atomic E-state index is 11.1. The lowest BCUT2D eigenvalue weighted by Gasteiger charge is -2.27. The predicted molar refractivity (Wildman–Crippen MR) is 85.3 cm³/mol. The van der Waals surface area contributed by atoms with Crippen LogP contribution in [0.2, 0.25) is 0 Å².